The fourth-order valence-electron chi connectivity index (χ4n) is 4.31. The second-order valence-electron chi connectivity index (χ2n) is 8.40. The van der Waals surface area contributed by atoms with Crippen molar-refractivity contribution in [2.24, 2.45) is 5.41 Å². The Morgan fingerprint density at radius 3 is 2.61 bits per heavy atom. The van der Waals surface area contributed by atoms with E-state index in [0.29, 0.717) is 23.2 Å². The second kappa shape index (κ2) is 6.79. The van der Waals surface area contributed by atoms with Crippen LogP contribution in [0.15, 0.2) is 28.7 Å². The zero-order valence-electron chi connectivity index (χ0n) is 16.2. The van der Waals surface area contributed by atoms with Gasteiger partial charge in [0.2, 0.25) is 11.8 Å². The van der Waals surface area contributed by atoms with Crippen molar-refractivity contribution in [2.75, 3.05) is 32.1 Å². The van der Waals surface area contributed by atoms with Crippen molar-refractivity contribution >= 4 is 11.9 Å². The molecule has 2 atom stereocenters. The SMILES string of the molecule is COc1ccc(C2CC2c2nnc(NCC(=O)N3CCC4(CC3)CC4)o2)cc1. The normalized spacial score (nSPS) is 24.8. The number of ether oxygens (including phenoxy) is 1. The number of likely N-dealkylation sites (tertiary alicyclic amines) is 1. The van der Waals surface area contributed by atoms with Crippen LogP contribution in [0.1, 0.15) is 55.4 Å². The molecule has 2 unspecified atom stereocenters. The van der Waals surface area contributed by atoms with E-state index in [2.05, 4.69) is 27.6 Å². The van der Waals surface area contributed by atoms with Gasteiger partial charge in [-0.05, 0) is 61.1 Å². The third-order valence-electron chi connectivity index (χ3n) is 6.62. The molecule has 0 bridgehead atoms. The highest BCUT2D eigenvalue weighted by Crippen LogP contribution is 2.54. The van der Waals surface area contributed by atoms with Crippen molar-refractivity contribution in [2.45, 2.75) is 43.9 Å². The molecule has 2 aromatic rings. The van der Waals surface area contributed by atoms with Crippen LogP contribution in [0, 0.1) is 5.41 Å². The maximum Gasteiger partial charge on any atom is 0.315 e. The Morgan fingerprint density at radius 2 is 1.93 bits per heavy atom. The molecule has 1 aliphatic heterocycles. The Morgan fingerprint density at radius 1 is 1.18 bits per heavy atom. The monoisotopic (exact) mass is 382 g/mol. The number of nitrogens with zero attached hydrogens (tertiary/aromatic N) is 3. The summed E-state index contributed by atoms with van der Waals surface area (Å²) in [7, 11) is 1.67. The highest BCUT2D eigenvalue weighted by atomic mass is 16.5. The molecule has 1 amide bonds. The van der Waals surface area contributed by atoms with Crippen LogP contribution in [0.3, 0.4) is 0 Å². The number of anilines is 1. The summed E-state index contributed by atoms with van der Waals surface area (Å²) in [5, 5.41) is 11.2. The largest absolute Gasteiger partial charge is 0.497 e. The fraction of sp³-hybridized carbons (Fsp3) is 0.571. The summed E-state index contributed by atoms with van der Waals surface area (Å²) in [6.45, 7) is 1.96. The molecular formula is C21H26N4O3. The van der Waals surface area contributed by atoms with Gasteiger partial charge in [-0.3, -0.25) is 4.79 Å². The van der Waals surface area contributed by atoms with Gasteiger partial charge in [-0.1, -0.05) is 17.2 Å². The molecule has 1 N–H and O–H groups in total. The van der Waals surface area contributed by atoms with Crippen molar-refractivity contribution in [3.63, 3.8) is 0 Å². The Balaban J connectivity index is 1.12. The molecule has 2 saturated carbocycles. The second-order valence-corrected chi connectivity index (χ2v) is 8.40. The molecule has 3 fully saturated rings. The lowest BCUT2D eigenvalue weighted by Crippen LogP contribution is -2.41. The summed E-state index contributed by atoms with van der Waals surface area (Å²) in [5.74, 6) is 2.27. The first-order chi connectivity index (χ1) is 13.7. The smallest absolute Gasteiger partial charge is 0.315 e. The van der Waals surface area contributed by atoms with Gasteiger partial charge in [-0.25, -0.2) is 0 Å². The van der Waals surface area contributed by atoms with E-state index in [1.807, 2.05) is 17.0 Å². The number of carbonyl (C=O) groups is 1. The third kappa shape index (κ3) is 3.45. The van der Waals surface area contributed by atoms with E-state index in [1.165, 1.54) is 18.4 Å². The Kier molecular flexibility index (Phi) is 4.25. The van der Waals surface area contributed by atoms with Crippen molar-refractivity contribution in [1.29, 1.82) is 0 Å². The fourth-order valence-corrected chi connectivity index (χ4v) is 4.31. The first-order valence-electron chi connectivity index (χ1n) is 10.1. The molecule has 0 radical (unpaired) electrons. The van der Waals surface area contributed by atoms with Crippen molar-refractivity contribution < 1.29 is 13.9 Å². The zero-order valence-corrected chi connectivity index (χ0v) is 16.2. The van der Waals surface area contributed by atoms with E-state index in [0.717, 1.165) is 38.1 Å². The maximum atomic E-state index is 12.4. The van der Waals surface area contributed by atoms with Gasteiger partial charge in [-0.2, -0.15) is 0 Å². The molecule has 2 heterocycles. The van der Waals surface area contributed by atoms with E-state index in [9.17, 15) is 4.79 Å². The van der Waals surface area contributed by atoms with Crippen LogP contribution in [0.2, 0.25) is 0 Å². The minimum absolute atomic E-state index is 0.109. The van der Waals surface area contributed by atoms with Crippen LogP contribution in [0.5, 0.6) is 5.75 Å². The quantitative estimate of drug-likeness (QED) is 0.827. The van der Waals surface area contributed by atoms with Gasteiger partial charge in [0, 0.05) is 19.0 Å². The van der Waals surface area contributed by atoms with Gasteiger partial charge in [0.25, 0.3) is 0 Å². The first kappa shape index (κ1) is 17.5. The minimum atomic E-state index is 0.109. The average molecular weight is 382 g/mol. The molecule has 1 aromatic carbocycles. The van der Waals surface area contributed by atoms with Crippen molar-refractivity contribution in [1.82, 2.24) is 15.1 Å². The number of piperidine rings is 1. The molecule has 5 rings (SSSR count). The number of hydrogen-bond acceptors (Lipinski definition) is 6. The van der Waals surface area contributed by atoms with Gasteiger partial charge in [0.15, 0.2) is 0 Å². The highest BCUT2D eigenvalue weighted by Gasteiger charge is 2.45. The average Bonchev–Trinajstić information content (AvgIpc) is 3.65. The van der Waals surface area contributed by atoms with Gasteiger partial charge in [0.1, 0.15) is 5.75 Å². The summed E-state index contributed by atoms with van der Waals surface area (Å²) in [6.07, 6.45) is 5.99. The lowest BCUT2D eigenvalue weighted by Gasteiger charge is -2.32. The number of benzene rings is 1. The van der Waals surface area contributed by atoms with Crippen LogP contribution >= 0.6 is 0 Å². The first-order valence-corrected chi connectivity index (χ1v) is 10.1. The molecule has 2 aliphatic carbocycles. The summed E-state index contributed by atoms with van der Waals surface area (Å²) in [6, 6.07) is 8.45. The molecule has 1 spiro atoms. The van der Waals surface area contributed by atoms with E-state index in [1.54, 1.807) is 7.11 Å². The number of nitrogens with one attached hydrogen (secondary N) is 1. The Labute approximate surface area is 164 Å². The van der Waals surface area contributed by atoms with Crippen LogP contribution in [-0.4, -0.2) is 47.7 Å². The van der Waals surface area contributed by atoms with Gasteiger partial charge >= 0.3 is 6.01 Å². The van der Waals surface area contributed by atoms with Gasteiger partial charge < -0.3 is 19.4 Å². The molecule has 7 heteroatoms. The summed E-state index contributed by atoms with van der Waals surface area (Å²) in [5.41, 5.74) is 1.84. The van der Waals surface area contributed by atoms with Gasteiger partial charge in [-0.15, -0.1) is 5.10 Å². The van der Waals surface area contributed by atoms with E-state index >= 15 is 0 Å². The summed E-state index contributed by atoms with van der Waals surface area (Å²) >= 11 is 0. The Hall–Kier alpha value is -2.57. The topological polar surface area (TPSA) is 80.5 Å². The van der Waals surface area contributed by atoms with Crippen molar-refractivity contribution in [3.05, 3.63) is 35.7 Å². The maximum absolute atomic E-state index is 12.4. The highest BCUT2D eigenvalue weighted by molar-refractivity contribution is 5.80. The number of rotatable bonds is 6. The zero-order chi connectivity index (χ0) is 19.1. The van der Waals surface area contributed by atoms with Crippen LogP contribution in [-0.2, 0) is 4.79 Å². The molecule has 3 aliphatic rings. The number of carbonyl (C=O) groups excluding carboxylic acids is 1. The number of amides is 1. The Bertz CT molecular complexity index is 849. The molecular weight excluding hydrogens is 356 g/mol. The van der Waals surface area contributed by atoms with Crippen LogP contribution in [0.4, 0.5) is 6.01 Å². The summed E-state index contributed by atoms with van der Waals surface area (Å²) < 4.78 is 11.0. The lowest BCUT2D eigenvalue weighted by atomic mass is 9.94. The summed E-state index contributed by atoms with van der Waals surface area (Å²) in [4.78, 5) is 14.4. The number of methoxy groups -OCH3 is 1. The predicted octanol–water partition coefficient (Wildman–Crippen LogP) is 3.16. The van der Waals surface area contributed by atoms with Gasteiger partial charge in [0.05, 0.1) is 13.7 Å². The third-order valence-corrected chi connectivity index (χ3v) is 6.62. The molecule has 7 nitrogen and oxygen atoms in total. The number of aromatic nitrogens is 2. The van der Waals surface area contributed by atoms with Crippen LogP contribution < -0.4 is 10.1 Å². The molecule has 148 valence electrons. The minimum Gasteiger partial charge on any atom is -0.497 e. The predicted molar refractivity (Wildman–Crippen MR) is 103 cm³/mol. The van der Waals surface area contributed by atoms with E-state index in [4.69, 9.17) is 9.15 Å². The van der Waals surface area contributed by atoms with E-state index in [-0.39, 0.29) is 18.4 Å². The molecule has 1 aromatic heterocycles. The number of hydrogen-bond donors (Lipinski definition) is 1. The molecule has 1 saturated heterocycles. The van der Waals surface area contributed by atoms with E-state index < -0.39 is 0 Å². The standard InChI is InChI=1S/C21H26N4O3/c1-27-15-4-2-14(3-5-15)16-12-17(16)19-23-24-20(28-19)22-13-18(26)25-10-8-21(6-7-21)9-11-25/h2-5,16-17H,6-13H2,1H3,(H,22,24). The van der Waals surface area contributed by atoms with Crippen molar-refractivity contribution in [3.8, 4) is 5.75 Å². The lowest BCUT2D eigenvalue weighted by molar-refractivity contribution is -0.130. The molecule has 28 heavy (non-hydrogen) atoms. The van der Waals surface area contributed by atoms with Crippen LogP contribution in [0.25, 0.3) is 0 Å².